The summed E-state index contributed by atoms with van der Waals surface area (Å²) < 4.78 is 5.55. The molecule has 2 nitrogen and oxygen atoms in total. The minimum absolute atomic E-state index is 0.491. The lowest BCUT2D eigenvalue weighted by atomic mass is 10.2. The lowest BCUT2D eigenvalue weighted by Crippen LogP contribution is -1.99. The van der Waals surface area contributed by atoms with E-state index in [4.69, 9.17) is 9.83 Å². The van der Waals surface area contributed by atoms with Gasteiger partial charge in [-0.3, -0.25) is 0 Å². The molecule has 0 fully saturated rings. The van der Waals surface area contributed by atoms with Crippen LogP contribution in [0.4, 0.5) is 0 Å². The Balaban J connectivity index is 2.25. The summed E-state index contributed by atoms with van der Waals surface area (Å²) in [7, 11) is 0. The number of allylic oxidation sites excluding steroid dienone is 4. The number of ketones is 1. The Labute approximate surface area is 82.4 Å². The van der Waals surface area contributed by atoms with Crippen molar-refractivity contribution in [3.8, 4) is 5.75 Å². The van der Waals surface area contributed by atoms with Crippen LogP contribution in [0.3, 0.4) is 0 Å². The number of hydrogen-bond donors (Lipinski definition) is 1. The van der Waals surface area contributed by atoms with Crippen LogP contribution < -0.4 is 0 Å². The van der Waals surface area contributed by atoms with E-state index >= 15 is 0 Å². The SMILES string of the molecule is N=C1C=CC(=[O+]c2ccccc2)C=C1. The summed E-state index contributed by atoms with van der Waals surface area (Å²) in [5.74, 6) is 1.57. The molecule has 14 heavy (non-hydrogen) atoms. The molecule has 0 saturated carbocycles. The van der Waals surface area contributed by atoms with Crippen molar-refractivity contribution in [3.63, 3.8) is 0 Å². The second-order valence-corrected chi connectivity index (χ2v) is 2.94. The summed E-state index contributed by atoms with van der Waals surface area (Å²) in [6.07, 6.45) is 6.99. The Bertz CT molecular complexity index is 409. The van der Waals surface area contributed by atoms with E-state index in [2.05, 4.69) is 0 Å². The molecular formula is C12H10NO+. The largest absolute Gasteiger partial charge is 0.353 e. The van der Waals surface area contributed by atoms with Gasteiger partial charge in [-0.05, 0) is 12.2 Å². The van der Waals surface area contributed by atoms with E-state index in [0.29, 0.717) is 5.71 Å². The normalized spacial score (nSPS) is 14.6. The molecule has 1 N–H and O–H groups in total. The third kappa shape index (κ3) is 2.04. The van der Waals surface area contributed by atoms with Crippen LogP contribution in [0.5, 0.6) is 5.75 Å². The van der Waals surface area contributed by atoms with Gasteiger partial charge in [-0.25, -0.2) is 4.42 Å². The van der Waals surface area contributed by atoms with Gasteiger partial charge in [0.15, 0.2) is 0 Å². The van der Waals surface area contributed by atoms with Crippen molar-refractivity contribution in [3.05, 3.63) is 54.6 Å². The first-order valence-corrected chi connectivity index (χ1v) is 4.39. The molecule has 2 rings (SSSR count). The van der Waals surface area contributed by atoms with Gasteiger partial charge >= 0.3 is 11.5 Å². The molecule has 0 unspecified atom stereocenters. The monoisotopic (exact) mass is 184 g/mol. The van der Waals surface area contributed by atoms with Gasteiger partial charge in [0, 0.05) is 24.3 Å². The summed E-state index contributed by atoms with van der Waals surface area (Å²) in [5.41, 5.74) is 0.491. The van der Waals surface area contributed by atoms with Gasteiger partial charge in [0.1, 0.15) is 0 Å². The van der Waals surface area contributed by atoms with E-state index in [0.717, 1.165) is 11.5 Å². The van der Waals surface area contributed by atoms with Crippen LogP contribution in [-0.4, -0.2) is 11.5 Å². The molecule has 0 aromatic heterocycles. The number of carbonyl (C=O) groups excluding carboxylic acids is 1. The molecular weight excluding hydrogens is 174 g/mol. The fraction of sp³-hybridized carbons (Fsp3) is 0. The van der Waals surface area contributed by atoms with Gasteiger partial charge < -0.3 is 5.41 Å². The summed E-state index contributed by atoms with van der Waals surface area (Å²) in [4.78, 5) is 0. The van der Waals surface area contributed by atoms with Gasteiger partial charge in [0.05, 0.1) is 5.71 Å². The van der Waals surface area contributed by atoms with Crippen molar-refractivity contribution in [1.82, 2.24) is 0 Å². The quantitative estimate of drug-likeness (QED) is 0.514. The number of hydrogen-bond acceptors (Lipinski definition) is 1. The highest BCUT2D eigenvalue weighted by Gasteiger charge is 2.09. The Morgan fingerprint density at radius 2 is 1.50 bits per heavy atom. The van der Waals surface area contributed by atoms with Gasteiger partial charge in [-0.2, -0.15) is 0 Å². The number of para-hydroxylation sites is 1. The third-order valence-corrected chi connectivity index (χ3v) is 1.83. The van der Waals surface area contributed by atoms with Crippen LogP contribution in [0.25, 0.3) is 0 Å². The second-order valence-electron chi connectivity index (χ2n) is 2.94. The molecule has 68 valence electrons. The molecule has 1 aliphatic rings. The highest BCUT2D eigenvalue weighted by atomic mass is 16.4. The average Bonchev–Trinajstić information content (AvgIpc) is 2.23. The van der Waals surface area contributed by atoms with Crippen molar-refractivity contribution in [2.45, 2.75) is 0 Å². The Morgan fingerprint density at radius 3 is 2.14 bits per heavy atom. The summed E-state index contributed by atoms with van der Waals surface area (Å²) in [6.45, 7) is 0. The second kappa shape index (κ2) is 3.83. The lowest BCUT2D eigenvalue weighted by molar-refractivity contribution is -0.364. The van der Waals surface area contributed by atoms with Crippen molar-refractivity contribution >= 4 is 11.5 Å². The topological polar surface area (TPSA) is 35.2 Å². The minimum Gasteiger partial charge on any atom is -0.301 e. The standard InChI is InChI=1S/C12H10NO/c13-10-6-8-12(9-7-10)14-11-4-2-1-3-5-11/h1-9,13H/q+1. The molecule has 0 saturated heterocycles. The van der Waals surface area contributed by atoms with Crippen LogP contribution in [0.1, 0.15) is 0 Å². The molecule has 0 amide bonds. The van der Waals surface area contributed by atoms with E-state index in [1.165, 1.54) is 0 Å². The predicted octanol–water partition coefficient (Wildman–Crippen LogP) is 2.65. The number of nitrogens with one attached hydrogen (secondary N) is 1. The maximum Gasteiger partial charge on any atom is 0.353 e. The van der Waals surface area contributed by atoms with E-state index in [9.17, 15) is 0 Å². The van der Waals surface area contributed by atoms with Crippen LogP contribution in [-0.2, 0) is 4.42 Å². The Hall–Kier alpha value is -1.96. The Kier molecular flexibility index (Phi) is 2.36. The van der Waals surface area contributed by atoms with Gasteiger partial charge in [-0.1, -0.05) is 18.2 Å². The van der Waals surface area contributed by atoms with E-state index < -0.39 is 0 Å². The summed E-state index contributed by atoms with van der Waals surface area (Å²) in [5, 5.41) is 7.32. The lowest BCUT2D eigenvalue weighted by Gasteiger charge is -1.90. The van der Waals surface area contributed by atoms with E-state index in [1.807, 2.05) is 30.3 Å². The van der Waals surface area contributed by atoms with Gasteiger partial charge in [0.25, 0.3) is 0 Å². The summed E-state index contributed by atoms with van der Waals surface area (Å²) in [6, 6.07) is 9.59. The number of benzene rings is 1. The van der Waals surface area contributed by atoms with E-state index in [1.54, 1.807) is 24.3 Å². The molecule has 0 aliphatic heterocycles. The molecule has 0 spiro atoms. The first-order chi connectivity index (χ1) is 6.84. The fourth-order valence-corrected chi connectivity index (χ4v) is 1.15. The van der Waals surface area contributed by atoms with Crippen molar-refractivity contribution < 1.29 is 4.42 Å². The van der Waals surface area contributed by atoms with Crippen LogP contribution >= 0.6 is 0 Å². The third-order valence-electron chi connectivity index (χ3n) is 1.83. The molecule has 1 aliphatic carbocycles. The van der Waals surface area contributed by atoms with Crippen molar-refractivity contribution in [1.29, 1.82) is 5.41 Å². The fourth-order valence-electron chi connectivity index (χ4n) is 1.15. The smallest absolute Gasteiger partial charge is 0.301 e. The highest BCUT2D eigenvalue weighted by molar-refractivity contribution is 6.15. The van der Waals surface area contributed by atoms with Gasteiger partial charge in [-0.15, -0.1) is 0 Å². The molecule has 2 heteroatoms. The molecule has 0 bridgehead atoms. The molecule has 1 aromatic carbocycles. The zero-order valence-corrected chi connectivity index (χ0v) is 7.60. The van der Waals surface area contributed by atoms with Crippen molar-refractivity contribution in [2.75, 3.05) is 0 Å². The first kappa shape index (κ1) is 8.63. The highest BCUT2D eigenvalue weighted by Crippen LogP contribution is 2.09. The molecule has 1 aromatic rings. The minimum atomic E-state index is 0.491. The summed E-state index contributed by atoms with van der Waals surface area (Å²) >= 11 is 0. The Morgan fingerprint density at radius 1 is 0.857 bits per heavy atom. The van der Waals surface area contributed by atoms with Crippen LogP contribution in [0.2, 0.25) is 0 Å². The maximum absolute atomic E-state index is 7.32. The predicted molar refractivity (Wildman–Crippen MR) is 56.9 cm³/mol. The zero-order chi connectivity index (χ0) is 9.80. The molecule has 0 heterocycles. The zero-order valence-electron chi connectivity index (χ0n) is 7.60. The van der Waals surface area contributed by atoms with Gasteiger partial charge in [0.2, 0.25) is 0 Å². The van der Waals surface area contributed by atoms with Crippen LogP contribution in [0, 0.1) is 5.41 Å². The number of rotatable bonds is 1. The first-order valence-electron chi connectivity index (χ1n) is 4.39. The molecule has 0 atom stereocenters. The molecule has 0 radical (unpaired) electrons. The average molecular weight is 184 g/mol. The van der Waals surface area contributed by atoms with E-state index in [-0.39, 0.29) is 0 Å². The van der Waals surface area contributed by atoms with Crippen molar-refractivity contribution in [2.24, 2.45) is 0 Å². The van der Waals surface area contributed by atoms with Crippen LogP contribution in [0.15, 0.2) is 54.6 Å². The maximum atomic E-state index is 7.32.